The number of aromatic nitrogens is 2. The number of benzene rings is 4. The molecule has 0 saturated heterocycles. The normalized spacial score (nSPS) is 11.4. The van der Waals surface area contributed by atoms with Crippen LogP contribution in [0.2, 0.25) is 5.02 Å². The minimum absolute atomic E-state index is 0.249. The van der Waals surface area contributed by atoms with Crippen molar-refractivity contribution in [1.29, 1.82) is 0 Å². The summed E-state index contributed by atoms with van der Waals surface area (Å²) >= 11 is 6.18. The summed E-state index contributed by atoms with van der Waals surface area (Å²) in [4.78, 5) is 18.4. The Morgan fingerprint density at radius 3 is 2.43 bits per heavy atom. The van der Waals surface area contributed by atoms with Gasteiger partial charge in [-0.15, -0.1) is 0 Å². The first-order valence-corrected chi connectivity index (χ1v) is 13.5. The maximum absolute atomic E-state index is 13.6. The van der Waals surface area contributed by atoms with Crippen LogP contribution in [0.4, 0.5) is 0 Å². The Labute approximate surface area is 246 Å². The van der Waals surface area contributed by atoms with Gasteiger partial charge < -0.3 is 18.6 Å². The SMILES string of the molecule is COc1cc(C=Nn2c(-c3cc4cc(Cl)ccc4o3)nc3ccccc3c2=O)cc(OC)c1OCc1ccc(C)cc1. The van der Waals surface area contributed by atoms with Gasteiger partial charge in [-0.2, -0.15) is 9.78 Å². The first-order valence-electron chi connectivity index (χ1n) is 13.1. The Hall–Kier alpha value is -5.08. The lowest BCUT2D eigenvalue weighted by atomic mass is 10.1. The fourth-order valence-corrected chi connectivity index (χ4v) is 4.78. The molecule has 4 aromatic carbocycles. The second kappa shape index (κ2) is 11.4. The zero-order valence-electron chi connectivity index (χ0n) is 23.1. The number of hydrogen-bond acceptors (Lipinski definition) is 7. The van der Waals surface area contributed by atoms with Gasteiger partial charge in [0, 0.05) is 16.0 Å². The van der Waals surface area contributed by atoms with Crippen molar-refractivity contribution in [2.45, 2.75) is 13.5 Å². The summed E-state index contributed by atoms with van der Waals surface area (Å²) in [5.41, 5.74) is 3.60. The van der Waals surface area contributed by atoms with Gasteiger partial charge in [0.05, 0.1) is 31.3 Å². The predicted molar refractivity (Wildman–Crippen MR) is 164 cm³/mol. The molecular formula is C33H26ClN3O5. The van der Waals surface area contributed by atoms with Crippen molar-refractivity contribution in [3.63, 3.8) is 0 Å². The topological polar surface area (TPSA) is 88.1 Å². The summed E-state index contributed by atoms with van der Waals surface area (Å²) < 4.78 is 24.6. The van der Waals surface area contributed by atoms with Gasteiger partial charge in [0.15, 0.2) is 17.3 Å². The Kier molecular flexibility index (Phi) is 7.37. The molecule has 6 aromatic rings. The lowest BCUT2D eigenvalue weighted by Gasteiger charge is -2.15. The van der Waals surface area contributed by atoms with E-state index in [2.05, 4.69) is 5.10 Å². The lowest BCUT2D eigenvalue weighted by Crippen LogP contribution is -2.20. The van der Waals surface area contributed by atoms with Crippen molar-refractivity contribution in [3.8, 4) is 28.8 Å². The van der Waals surface area contributed by atoms with Crippen LogP contribution in [-0.2, 0) is 6.61 Å². The molecule has 0 aliphatic heterocycles. The summed E-state index contributed by atoms with van der Waals surface area (Å²) in [5, 5.41) is 6.33. The first kappa shape index (κ1) is 27.1. The largest absolute Gasteiger partial charge is 0.493 e. The average molecular weight is 580 g/mol. The van der Waals surface area contributed by atoms with Crippen LogP contribution in [0.15, 0.2) is 99.2 Å². The van der Waals surface area contributed by atoms with Gasteiger partial charge in [-0.1, -0.05) is 53.6 Å². The minimum atomic E-state index is -0.345. The number of halogens is 1. The van der Waals surface area contributed by atoms with Crippen LogP contribution in [0.25, 0.3) is 33.5 Å². The van der Waals surface area contributed by atoms with Gasteiger partial charge in [-0.3, -0.25) is 4.79 Å². The molecule has 6 rings (SSSR count). The Morgan fingerprint density at radius 2 is 1.69 bits per heavy atom. The minimum Gasteiger partial charge on any atom is -0.493 e. The van der Waals surface area contributed by atoms with Gasteiger partial charge in [0.1, 0.15) is 12.2 Å². The Balaban J connectivity index is 1.41. The second-order valence-electron chi connectivity index (χ2n) is 9.64. The van der Waals surface area contributed by atoms with Crippen molar-refractivity contribution in [2.24, 2.45) is 5.10 Å². The van der Waals surface area contributed by atoms with E-state index >= 15 is 0 Å². The van der Waals surface area contributed by atoms with Gasteiger partial charge in [0.25, 0.3) is 5.56 Å². The van der Waals surface area contributed by atoms with Gasteiger partial charge in [0.2, 0.25) is 11.6 Å². The Bertz CT molecular complexity index is 1990. The van der Waals surface area contributed by atoms with Crippen LogP contribution in [-0.4, -0.2) is 30.1 Å². The molecule has 0 radical (unpaired) electrons. The fourth-order valence-electron chi connectivity index (χ4n) is 4.60. The van der Waals surface area contributed by atoms with E-state index in [-0.39, 0.29) is 11.4 Å². The zero-order valence-corrected chi connectivity index (χ0v) is 23.9. The number of hydrogen-bond donors (Lipinski definition) is 0. The highest BCUT2D eigenvalue weighted by Crippen LogP contribution is 2.39. The maximum Gasteiger partial charge on any atom is 0.282 e. The number of furan rings is 1. The summed E-state index contributed by atoms with van der Waals surface area (Å²) in [7, 11) is 3.11. The smallest absolute Gasteiger partial charge is 0.282 e. The van der Waals surface area contributed by atoms with Crippen molar-refractivity contribution < 1.29 is 18.6 Å². The summed E-state index contributed by atoms with van der Waals surface area (Å²) in [6.45, 7) is 2.37. The van der Waals surface area contributed by atoms with Gasteiger partial charge in [-0.25, -0.2) is 4.98 Å². The van der Waals surface area contributed by atoms with E-state index in [1.165, 1.54) is 16.5 Å². The van der Waals surface area contributed by atoms with E-state index < -0.39 is 0 Å². The number of fused-ring (bicyclic) bond motifs is 2. The standard InChI is InChI=1S/C33H26ClN3O5/c1-20-8-10-21(11-9-20)19-41-31-28(39-2)14-22(15-29(31)40-3)18-35-37-32(36-26-7-5-4-6-25(26)33(37)38)30-17-23-16-24(34)12-13-27(23)42-30/h4-18H,19H2,1-3H3. The molecule has 0 saturated carbocycles. The van der Waals surface area contributed by atoms with Crippen LogP contribution in [0.5, 0.6) is 17.2 Å². The molecule has 0 N–H and O–H groups in total. The molecule has 0 aliphatic carbocycles. The lowest BCUT2D eigenvalue weighted by molar-refractivity contribution is 0.266. The fraction of sp³-hybridized carbons (Fsp3) is 0.121. The monoisotopic (exact) mass is 579 g/mol. The highest BCUT2D eigenvalue weighted by Gasteiger charge is 2.18. The molecule has 9 heteroatoms. The van der Waals surface area contributed by atoms with Crippen LogP contribution >= 0.6 is 11.6 Å². The molecule has 2 aromatic heterocycles. The predicted octanol–water partition coefficient (Wildman–Crippen LogP) is 7.25. The van der Waals surface area contributed by atoms with Gasteiger partial charge >= 0.3 is 0 Å². The quantitative estimate of drug-likeness (QED) is 0.176. The molecule has 8 nitrogen and oxygen atoms in total. The third kappa shape index (κ3) is 5.32. The molecule has 0 fully saturated rings. The molecule has 0 atom stereocenters. The molecule has 0 bridgehead atoms. The summed E-state index contributed by atoms with van der Waals surface area (Å²) in [5.74, 6) is 2.01. The Morgan fingerprint density at radius 1 is 0.952 bits per heavy atom. The molecule has 210 valence electrons. The zero-order chi connectivity index (χ0) is 29.2. The first-order chi connectivity index (χ1) is 20.4. The van der Waals surface area contributed by atoms with Crippen LogP contribution in [0, 0.1) is 6.92 Å². The third-order valence-electron chi connectivity index (χ3n) is 6.76. The number of para-hydroxylation sites is 1. The van der Waals surface area contributed by atoms with E-state index in [0.29, 0.717) is 56.7 Å². The molecule has 0 aliphatic rings. The molecule has 0 spiro atoms. The van der Waals surface area contributed by atoms with E-state index in [9.17, 15) is 4.79 Å². The second-order valence-corrected chi connectivity index (χ2v) is 10.1. The number of rotatable bonds is 8. The van der Waals surface area contributed by atoms with E-state index in [0.717, 1.165) is 10.9 Å². The van der Waals surface area contributed by atoms with Crippen molar-refractivity contribution in [1.82, 2.24) is 9.66 Å². The number of nitrogens with zero attached hydrogens (tertiary/aromatic N) is 3. The number of aryl methyl sites for hydroxylation is 1. The third-order valence-corrected chi connectivity index (χ3v) is 7.00. The van der Waals surface area contributed by atoms with E-state index in [4.69, 9.17) is 35.2 Å². The average Bonchev–Trinajstić information content (AvgIpc) is 3.43. The number of methoxy groups -OCH3 is 2. The van der Waals surface area contributed by atoms with Crippen LogP contribution < -0.4 is 19.8 Å². The molecular weight excluding hydrogens is 554 g/mol. The van der Waals surface area contributed by atoms with Crippen molar-refractivity contribution >= 4 is 39.7 Å². The summed E-state index contributed by atoms with van der Waals surface area (Å²) in [6, 6.07) is 25.8. The van der Waals surface area contributed by atoms with Crippen LogP contribution in [0.3, 0.4) is 0 Å². The van der Waals surface area contributed by atoms with Crippen molar-refractivity contribution in [2.75, 3.05) is 14.2 Å². The number of ether oxygens (including phenoxy) is 3. The summed E-state index contributed by atoms with van der Waals surface area (Å²) in [6.07, 6.45) is 1.54. The maximum atomic E-state index is 13.6. The van der Waals surface area contributed by atoms with Gasteiger partial charge in [-0.05, 0) is 61.0 Å². The highest BCUT2D eigenvalue weighted by molar-refractivity contribution is 6.31. The molecule has 0 amide bonds. The molecule has 42 heavy (non-hydrogen) atoms. The van der Waals surface area contributed by atoms with E-state index in [1.807, 2.05) is 37.3 Å². The van der Waals surface area contributed by atoms with Crippen LogP contribution in [0.1, 0.15) is 16.7 Å². The molecule has 0 unspecified atom stereocenters. The van der Waals surface area contributed by atoms with Crippen molar-refractivity contribution in [3.05, 3.63) is 117 Å². The van der Waals surface area contributed by atoms with E-state index in [1.54, 1.807) is 68.8 Å². The highest BCUT2D eigenvalue weighted by atomic mass is 35.5. The molecule has 2 heterocycles.